The molecule has 0 aromatic heterocycles. The van der Waals surface area contributed by atoms with Crippen molar-refractivity contribution < 1.29 is 1.43 Å². The lowest BCUT2D eigenvalue weighted by molar-refractivity contribution is 0.241. The van der Waals surface area contributed by atoms with E-state index in [1.807, 2.05) is 0 Å². The minimum Gasteiger partial charge on any atom is -0.308 e. The highest BCUT2D eigenvalue weighted by molar-refractivity contribution is 4.95. The molecule has 1 unspecified atom stereocenters. The van der Waals surface area contributed by atoms with Crippen LogP contribution in [0.25, 0.3) is 0 Å². The normalized spacial score (nSPS) is 30.7. The van der Waals surface area contributed by atoms with Gasteiger partial charge >= 0.3 is 0 Å². The van der Waals surface area contributed by atoms with Crippen LogP contribution >= 0.6 is 0 Å². The molecule has 0 bridgehead atoms. The van der Waals surface area contributed by atoms with Crippen LogP contribution in [0.4, 0.5) is 0 Å². The van der Waals surface area contributed by atoms with Crippen molar-refractivity contribution >= 4 is 0 Å². The highest BCUT2D eigenvalue weighted by Crippen LogP contribution is 2.22. The molecule has 1 fully saturated rings. The summed E-state index contributed by atoms with van der Waals surface area (Å²) in [5.74, 6) is 0. The Hall–Kier alpha value is -0.0800. The fraction of sp³-hybridized carbons (Fsp3) is 1.00. The topological polar surface area (TPSA) is 15.3 Å². The molecule has 1 aliphatic heterocycles. The molecular weight excluding hydrogens is 160 g/mol. The van der Waals surface area contributed by atoms with Gasteiger partial charge in [-0.25, -0.2) is 0 Å². The third-order valence-corrected chi connectivity index (χ3v) is 2.87. The van der Waals surface area contributed by atoms with Crippen LogP contribution in [0.2, 0.25) is 0 Å². The fourth-order valence-corrected chi connectivity index (χ4v) is 2.25. The zero-order valence-electron chi connectivity index (χ0n) is 9.72. The van der Waals surface area contributed by atoms with Crippen molar-refractivity contribution in [2.75, 3.05) is 13.1 Å². The van der Waals surface area contributed by atoms with Gasteiger partial charge in [0.05, 0.1) is 0 Å². The van der Waals surface area contributed by atoms with Crippen molar-refractivity contribution in [3.63, 3.8) is 0 Å². The van der Waals surface area contributed by atoms with Gasteiger partial charge in [0, 0.05) is 32.1 Å². The van der Waals surface area contributed by atoms with E-state index < -0.39 is 0 Å². The second-order valence-corrected chi connectivity index (χ2v) is 5.17. The van der Waals surface area contributed by atoms with Crippen molar-refractivity contribution in [3.8, 4) is 0 Å². The van der Waals surface area contributed by atoms with Gasteiger partial charge < -0.3 is 5.32 Å². The Balaban J connectivity index is 0.00000169. The number of likely N-dealkylation sites (tertiary alicyclic amines) is 1. The molecule has 2 heteroatoms. The van der Waals surface area contributed by atoms with Crippen molar-refractivity contribution in [2.24, 2.45) is 0 Å². The molecule has 0 saturated carbocycles. The molecule has 0 aromatic carbocycles. The molecule has 80 valence electrons. The first-order chi connectivity index (χ1) is 5.93. The average Bonchev–Trinajstić information content (AvgIpc) is 2.29. The SMILES string of the molecule is CC(C)NC1(C)CCN(C(C)C)C1.[HH]. The molecule has 0 aromatic rings. The van der Waals surface area contributed by atoms with Crippen molar-refractivity contribution in [1.82, 2.24) is 10.2 Å². The van der Waals surface area contributed by atoms with Gasteiger partial charge in [-0.2, -0.15) is 0 Å². The number of hydrogen-bond donors (Lipinski definition) is 1. The van der Waals surface area contributed by atoms with E-state index >= 15 is 0 Å². The highest BCUT2D eigenvalue weighted by atomic mass is 15.2. The minimum atomic E-state index is 0. The molecule has 0 aliphatic carbocycles. The van der Waals surface area contributed by atoms with Gasteiger partial charge in [-0.1, -0.05) is 13.8 Å². The Morgan fingerprint density at radius 3 is 2.31 bits per heavy atom. The number of rotatable bonds is 3. The highest BCUT2D eigenvalue weighted by Gasteiger charge is 2.34. The van der Waals surface area contributed by atoms with Crippen LogP contribution < -0.4 is 5.32 Å². The number of nitrogens with one attached hydrogen (secondary N) is 1. The van der Waals surface area contributed by atoms with Crippen molar-refractivity contribution in [2.45, 2.75) is 58.7 Å². The van der Waals surface area contributed by atoms with Crippen LogP contribution in [-0.4, -0.2) is 35.6 Å². The predicted molar refractivity (Wildman–Crippen MR) is 60.1 cm³/mol. The molecule has 0 radical (unpaired) electrons. The van der Waals surface area contributed by atoms with Gasteiger partial charge in [0.15, 0.2) is 0 Å². The zero-order valence-corrected chi connectivity index (χ0v) is 9.72. The zero-order chi connectivity index (χ0) is 10.1. The van der Waals surface area contributed by atoms with E-state index in [4.69, 9.17) is 0 Å². The van der Waals surface area contributed by atoms with Crippen LogP contribution in [0.5, 0.6) is 0 Å². The Kier molecular flexibility index (Phi) is 3.36. The second-order valence-electron chi connectivity index (χ2n) is 5.17. The second kappa shape index (κ2) is 3.97. The molecule has 1 atom stereocenters. The van der Waals surface area contributed by atoms with E-state index in [2.05, 4.69) is 44.8 Å². The summed E-state index contributed by atoms with van der Waals surface area (Å²) in [6, 6.07) is 1.29. The first kappa shape index (κ1) is 11.0. The lowest BCUT2D eigenvalue weighted by Gasteiger charge is -2.29. The summed E-state index contributed by atoms with van der Waals surface area (Å²) < 4.78 is 0. The van der Waals surface area contributed by atoms with Gasteiger partial charge in [-0.15, -0.1) is 0 Å². The maximum atomic E-state index is 3.66. The summed E-state index contributed by atoms with van der Waals surface area (Å²) in [4.78, 5) is 2.55. The van der Waals surface area contributed by atoms with E-state index in [0.717, 1.165) is 0 Å². The van der Waals surface area contributed by atoms with Crippen LogP contribution in [-0.2, 0) is 0 Å². The molecule has 1 saturated heterocycles. The van der Waals surface area contributed by atoms with Gasteiger partial charge in [0.25, 0.3) is 0 Å². The third kappa shape index (κ3) is 2.96. The Morgan fingerprint density at radius 1 is 1.31 bits per heavy atom. The third-order valence-electron chi connectivity index (χ3n) is 2.87. The Bertz CT molecular complexity index is 171. The lowest BCUT2D eigenvalue weighted by atomic mass is 10.0. The molecule has 1 rings (SSSR count). The Morgan fingerprint density at radius 2 is 1.92 bits per heavy atom. The van der Waals surface area contributed by atoms with Gasteiger partial charge in [0.1, 0.15) is 0 Å². The maximum absolute atomic E-state index is 3.66. The monoisotopic (exact) mass is 186 g/mol. The van der Waals surface area contributed by atoms with E-state index in [1.54, 1.807) is 0 Å². The van der Waals surface area contributed by atoms with Crippen molar-refractivity contribution in [1.29, 1.82) is 0 Å². The Labute approximate surface area is 84.2 Å². The standard InChI is InChI=1S/C11H24N2.H2/c1-9(2)12-11(5)6-7-13(8-11)10(3)4;/h9-10,12H,6-8H2,1-5H3;1H. The molecule has 1 aliphatic rings. The van der Waals surface area contributed by atoms with Crippen LogP contribution in [0.3, 0.4) is 0 Å². The molecule has 2 nitrogen and oxygen atoms in total. The van der Waals surface area contributed by atoms with E-state index in [1.165, 1.54) is 19.5 Å². The number of hydrogen-bond acceptors (Lipinski definition) is 2. The number of nitrogens with zero attached hydrogens (tertiary/aromatic N) is 1. The molecular formula is C11H26N2. The van der Waals surface area contributed by atoms with Gasteiger partial charge in [-0.3, -0.25) is 4.90 Å². The molecule has 13 heavy (non-hydrogen) atoms. The van der Waals surface area contributed by atoms with Gasteiger partial charge in [-0.05, 0) is 27.2 Å². The van der Waals surface area contributed by atoms with Crippen LogP contribution in [0, 0.1) is 0 Å². The smallest absolute Gasteiger partial charge is 0.0294 e. The molecule has 1 heterocycles. The first-order valence-electron chi connectivity index (χ1n) is 5.45. The summed E-state index contributed by atoms with van der Waals surface area (Å²) >= 11 is 0. The van der Waals surface area contributed by atoms with Crippen LogP contribution in [0.15, 0.2) is 0 Å². The summed E-state index contributed by atoms with van der Waals surface area (Å²) in [6.45, 7) is 13.8. The first-order valence-corrected chi connectivity index (χ1v) is 5.45. The lowest BCUT2D eigenvalue weighted by Crippen LogP contribution is -2.48. The van der Waals surface area contributed by atoms with Gasteiger partial charge in [0.2, 0.25) is 0 Å². The maximum Gasteiger partial charge on any atom is 0.0294 e. The molecule has 0 spiro atoms. The van der Waals surface area contributed by atoms with E-state index in [9.17, 15) is 0 Å². The summed E-state index contributed by atoms with van der Waals surface area (Å²) in [7, 11) is 0. The largest absolute Gasteiger partial charge is 0.308 e. The summed E-state index contributed by atoms with van der Waals surface area (Å²) in [6.07, 6.45) is 1.28. The molecule has 1 N–H and O–H groups in total. The van der Waals surface area contributed by atoms with E-state index in [0.29, 0.717) is 17.6 Å². The average molecular weight is 186 g/mol. The van der Waals surface area contributed by atoms with Crippen LogP contribution in [0.1, 0.15) is 42.5 Å². The van der Waals surface area contributed by atoms with E-state index in [-0.39, 0.29) is 1.43 Å². The predicted octanol–water partition coefficient (Wildman–Crippen LogP) is 2.10. The minimum absolute atomic E-state index is 0. The fourth-order valence-electron chi connectivity index (χ4n) is 2.25. The van der Waals surface area contributed by atoms with Crippen molar-refractivity contribution in [3.05, 3.63) is 0 Å². The molecule has 0 amide bonds. The summed E-state index contributed by atoms with van der Waals surface area (Å²) in [5, 5.41) is 3.66. The summed E-state index contributed by atoms with van der Waals surface area (Å²) in [5.41, 5.74) is 0.346. The quantitative estimate of drug-likeness (QED) is 0.726.